The van der Waals surface area contributed by atoms with Crippen LogP contribution >= 0.6 is 0 Å². The smallest absolute Gasteiger partial charge is 0.237 e. The average molecular weight is 303 g/mol. The maximum atomic E-state index is 12.4. The van der Waals surface area contributed by atoms with Crippen LogP contribution in [0.1, 0.15) is 24.5 Å². The Kier molecular flexibility index (Phi) is 5.95. The van der Waals surface area contributed by atoms with Crippen LogP contribution in [0, 0.1) is 0 Å². The minimum atomic E-state index is -0.0267. The lowest BCUT2D eigenvalue weighted by atomic mass is 10.00. The van der Waals surface area contributed by atoms with Crippen molar-refractivity contribution in [3.05, 3.63) is 35.4 Å². The molecule has 0 unspecified atom stereocenters. The van der Waals surface area contributed by atoms with Crippen LogP contribution in [0.2, 0.25) is 0 Å². The first kappa shape index (κ1) is 16.5. The second-order valence-corrected chi connectivity index (χ2v) is 5.86. The van der Waals surface area contributed by atoms with E-state index in [1.54, 1.807) is 11.9 Å². The molecule has 0 radical (unpaired) electrons. The molecule has 0 atom stereocenters. The number of benzene rings is 1. The van der Waals surface area contributed by atoms with Crippen molar-refractivity contribution in [3.8, 4) is 0 Å². The fraction of sp³-hybridized carbons (Fsp3) is 0.529. The molecule has 1 aromatic carbocycles. The summed E-state index contributed by atoms with van der Waals surface area (Å²) in [5.41, 5.74) is 2.56. The van der Waals surface area contributed by atoms with E-state index >= 15 is 0 Å². The normalized spacial score (nSPS) is 13.9. The fourth-order valence-corrected chi connectivity index (χ4v) is 2.66. The molecule has 1 N–H and O–H groups in total. The number of rotatable bonds is 6. The van der Waals surface area contributed by atoms with E-state index in [4.69, 9.17) is 0 Å². The summed E-state index contributed by atoms with van der Waals surface area (Å²) in [4.78, 5) is 27.7. The highest BCUT2D eigenvalue weighted by Gasteiger charge is 2.21. The van der Waals surface area contributed by atoms with Gasteiger partial charge in [0.2, 0.25) is 11.8 Å². The van der Waals surface area contributed by atoms with E-state index in [0.717, 1.165) is 19.4 Å². The van der Waals surface area contributed by atoms with Gasteiger partial charge in [0.25, 0.3) is 0 Å². The molecule has 5 heteroatoms. The van der Waals surface area contributed by atoms with E-state index in [2.05, 4.69) is 17.4 Å². The van der Waals surface area contributed by atoms with Crippen molar-refractivity contribution in [1.82, 2.24) is 15.1 Å². The average Bonchev–Trinajstić information content (AvgIpc) is 2.52. The van der Waals surface area contributed by atoms with Gasteiger partial charge >= 0.3 is 0 Å². The first-order chi connectivity index (χ1) is 10.6. The Labute approximate surface area is 132 Å². The van der Waals surface area contributed by atoms with Crippen molar-refractivity contribution in [2.45, 2.75) is 26.3 Å². The number of carbonyl (C=O) groups excluding carboxylic acids is 2. The van der Waals surface area contributed by atoms with Crippen LogP contribution in [0.5, 0.6) is 0 Å². The van der Waals surface area contributed by atoms with Gasteiger partial charge in [-0.15, -0.1) is 0 Å². The standard InChI is InChI=1S/C17H25N3O2/c1-3-9-18-16(21)12-19(2)13-17(22)20-10-8-14-6-4-5-7-15(14)11-20/h4-7H,3,8-13H2,1-2H3,(H,18,21). The van der Waals surface area contributed by atoms with Crippen molar-refractivity contribution in [2.24, 2.45) is 0 Å². The minimum Gasteiger partial charge on any atom is -0.355 e. The third-order valence-corrected chi connectivity index (χ3v) is 3.87. The Morgan fingerprint density at radius 3 is 2.68 bits per heavy atom. The molecule has 0 saturated heterocycles. The fourth-order valence-electron chi connectivity index (χ4n) is 2.66. The number of nitrogens with one attached hydrogen (secondary N) is 1. The molecule has 1 aliphatic heterocycles. The summed E-state index contributed by atoms with van der Waals surface area (Å²) in [6.45, 7) is 4.67. The summed E-state index contributed by atoms with van der Waals surface area (Å²) >= 11 is 0. The third kappa shape index (κ3) is 4.56. The number of hydrogen-bond donors (Lipinski definition) is 1. The predicted molar refractivity (Wildman–Crippen MR) is 86.4 cm³/mol. The molecule has 0 saturated carbocycles. The van der Waals surface area contributed by atoms with Gasteiger partial charge in [0.15, 0.2) is 0 Å². The highest BCUT2D eigenvalue weighted by molar-refractivity contribution is 5.81. The van der Waals surface area contributed by atoms with Crippen molar-refractivity contribution in [1.29, 1.82) is 0 Å². The number of fused-ring (bicyclic) bond motifs is 1. The van der Waals surface area contributed by atoms with Gasteiger partial charge in [-0.2, -0.15) is 0 Å². The van der Waals surface area contributed by atoms with Crippen LogP contribution in [-0.4, -0.2) is 54.8 Å². The maximum absolute atomic E-state index is 12.4. The van der Waals surface area contributed by atoms with Crippen LogP contribution in [0.3, 0.4) is 0 Å². The molecular weight excluding hydrogens is 278 g/mol. The number of hydrogen-bond acceptors (Lipinski definition) is 3. The quantitative estimate of drug-likeness (QED) is 0.854. The molecule has 1 heterocycles. The molecule has 5 nitrogen and oxygen atoms in total. The first-order valence-electron chi connectivity index (χ1n) is 7.90. The van der Waals surface area contributed by atoms with E-state index in [0.29, 0.717) is 13.1 Å². The molecule has 120 valence electrons. The zero-order valence-electron chi connectivity index (χ0n) is 13.5. The molecule has 2 rings (SSSR count). The van der Waals surface area contributed by atoms with Crippen molar-refractivity contribution >= 4 is 11.8 Å². The molecular formula is C17H25N3O2. The van der Waals surface area contributed by atoms with Crippen LogP contribution in [0.4, 0.5) is 0 Å². The highest BCUT2D eigenvalue weighted by atomic mass is 16.2. The molecule has 0 fully saturated rings. The first-order valence-corrected chi connectivity index (χ1v) is 7.90. The largest absolute Gasteiger partial charge is 0.355 e. The molecule has 0 aromatic heterocycles. The van der Waals surface area contributed by atoms with Crippen molar-refractivity contribution in [3.63, 3.8) is 0 Å². The lowest BCUT2D eigenvalue weighted by Crippen LogP contribution is -2.44. The summed E-state index contributed by atoms with van der Waals surface area (Å²) in [6.07, 6.45) is 1.82. The minimum absolute atomic E-state index is 0.0267. The Balaban J connectivity index is 1.81. The summed E-state index contributed by atoms with van der Waals surface area (Å²) in [7, 11) is 1.81. The second kappa shape index (κ2) is 7.94. The molecule has 1 aromatic rings. The maximum Gasteiger partial charge on any atom is 0.237 e. The molecule has 2 amide bonds. The third-order valence-electron chi connectivity index (χ3n) is 3.87. The van der Waals surface area contributed by atoms with E-state index in [1.807, 2.05) is 24.0 Å². The highest BCUT2D eigenvalue weighted by Crippen LogP contribution is 2.18. The monoisotopic (exact) mass is 303 g/mol. The summed E-state index contributed by atoms with van der Waals surface area (Å²) in [6, 6.07) is 8.26. The molecule has 0 aliphatic carbocycles. The Hall–Kier alpha value is -1.88. The lowest BCUT2D eigenvalue weighted by Gasteiger charge is -2.30. The van der Waals surface area contributed by atoms with Crippen LogP contribution in [0.15, 0.2) is 24.3 Å². The van der Waals surface area contributed by atoms with Crippen molar-refractivity contribution < 1.29 is 9.59 Å². The van der Waals surface area contributed by atoms with Gasteiger partial charge in [0, 0.05) is 19.6 Å². The van der Waals surface area contributed by atoms with Crippen LogP contribution in [0.25, 0.3) is 0 Å². The Morgan fingerprint density at radius 1 is 1.23 bits per heavy atom. The zero-order valence-corrected chi connectivity index (χ0v) is 13.5. The van der Waals surface area contributed by atoms with Gasteiger partial charge in [-0.3, -0.25) is 14.5 Å². The molecule has 22 heavy (non-hydrogen) atoms. The topological polar surface area (TPSA) is 52.7 Å². The van der Waals surface area contributed by atoms with Gasteiger partial charge in [-0.25, -0.2) is 0 Å². The number of nitrogens with zero attached hydrogens (tertiary/aromatic N) is 2. The summed E-state index contributed by atoms with van der Waals surface area (Å²) in [5.74, 6) is 0.0569. The number of carbonyl (C=O) groups is 2. The predicted octanol–water partition coefficient (Wildman–Crippen LogP) is 1.03. The van der Waals surface area contributed by atoms with Gasteiger partial charge in [0.1, 0.15) is 0 Å². The lowest BCUT2D eigenvalue weighted by molar-refractivity contribution is -0.133. The number of likely N-dealkylation sites (N-methyl/N-ethyl adjacent to an activating group) is 1. The van der Waals surface area contributed by atoms with E-state index < -0.39 is 0 Å². The van der Waals surface area contributed by atoms with Gasteiger partial charge in [-0.1, -0.05) is 31.2 Å². The molecule has 0 bridgehead atoms. The van der Waals surface area contributed by atoms with Crippen LogP contribution < -0.4 is 5.32 Å². The van der Waals surface area contributed by atoms with Crippen LogP contribution in [-0.2, 0) is 22.6 Å². The van der Waals surface area contributed by atoms with Crippen molar-refractivity contribution in [2.75, 3.05) is 33.2 Å². The van der Waals surface area contributed by atoms with E-state index in [1.165, 1.54) is 11.1 Å². The summed E-state index contributed by atoms with van der Waals surface area (Å²) in [5, 5.41) is 2.82. The zero-order chi connectivity index (χ0) is 15.9. The SMILES string of the molecule is CCCNC(=O)CN(C)CC(=O)N1CCc2ccccc2C1. The summed E-state index contributed by atoms with van der Waals surface area (Å²) < 4.78 is 0. The molecule has 1 aliphatic rings. The van der Waals surface area contributed by atoms with E-state index in [9.17, 15) is 9.59 Å². The van der Waals surface area contributed by atoms with Gasteiger partial charge in [-0.05, 0) is 31.0 Å². The second-order valence-electron chi connectivity index (χ2n) is 5.86. The molecule has 0 spiro atoms. The Morgan fingerprint density at radius 2 is 1.95 bits per heavy atom. The Bertz CT molecular complexity index is 530. The van der Waals surface area contributed by atoms with Gasteiger partial charge < -0.3 is 10.2 Å². The number of amides is 2. The van der Waals surface area contributed by atoms with Gasteiger partial charge in [0.05, 0.1) is 13.1 Å². The van der Waals surface area contributed by atoms with E-state index in [-0.39, 0.29) is 24.9 Å².